The Labute approximate surface area is 433 Å². The van der Waals surface area contributed by atoms with Crippen molar-refractivity contribution in [3.05, 3.63) is 35.4 Å². The lowest BCUT2D eigenvalue weighted by Gasteiger charge is -2.34. The average molecular weight is 1030 g/mol. The third-order valence-corrected chi connectivity index (χ3v) is 10.7. The minimum atomic E-state index is -1.63. The van der Waals surface area contributed by atoms with Gasteiger partial charge in [0.25, 0.3) is 0 Å². The van der Waals surface area contributed by atoms with Crippen molar-refractivity contribution < 1.29 is 66.8 Å². The van der Waals surface area contributed by atoms with Crippen LogP contribution in [0.1, 0.15) is 160 Å². The summed E-state index contributed by atoms with van der Waals surface area (Å²) in [4.78, 5) is 124. The van der Waals surface area contributed by atoms with Gasteiger partial charge in [0.15, 0.2) is 6.29 Å². The van der Waals surface area contributed by atoms with E-state index in [1.165, 1.54) is 14.2 Å². The van der Waals surface area contributed by atoms with Crippen molar-refractivity contribution in [3.63, 3.8) is 0 Å². The zero-order valence-corrected chi connectivity index (χ0v) is 46.8. The number of rotatable bonds is 27. The highest BCUT2D eigenvalue weighted by Gasteiger charge is 2.39. The molecule has 0 aliphatic carbocycles. The van der Waals surface area contributed by atoms with E-state index < -0.39 is 137 Å². The molecule has 6 amide bonds. The second-order valence-electron chi connectivity index (χ2n) is 22.7. The molecule has 0 aliphatic heterocycles. The molecule has 1 aromatic carbocycles. The second-order valence-corrected chi connectivity index (χ2v) is 22.7. The number of aryl methyl sites for hydroxylation is 1. The van der Waals surface area contributed by atoms with Gasteiger partial charge in [-0.2, -0.15) is 0 Å². The number of hydrogen-bond acceptors (Lipinski definition) is 14. The lowest BCUT2D eigenvalue weighted by Crippen LogP contribution is -2.62. The highest BCUT2D eigenvalue weighted by molar-refractivity contribution is 5.98. The number of hydrogen-bond donors (Lipinski definition) is 6. The van der Waals surface area contributed by atoms with Crippen molar-refractivity contribution in [3.8, 4) is 0 Å². The van der Waals surface area contributed by atoms with E-state index >= 15 is 0 Å². The Morgan fingerprint density at radius 3 is 1.49 bits per heavy atom. The van der Waals surface area contributed by atoms with Gasteiger partial charge in [0.05, 0.1) is 18.9 Å². The molecule has 6 atom stereocenters. The molecule has 1 aromatic rings. The molecule has 73 heavy (non-hydrogen) atoms. The largest absolute Gasteiger partial charge is 0.460 e. The minimum Gasteiger partial charge on any atom is -0.460 e. The lowest BCUT2D eigenvalue weighted by molar-refractivity contribution is -0.158. The minimum absolute atomic E-state index is 0.0371. The number of esters is 3. The summed E-state index contributed by atoms with van der Waals surface area (Å²) in [6.07, 6.45) is -2.33. The third-order valence-electron chi connectivity index (χ3n) is 10.7. The Bertz CT molecular complexity index is 2030. The van der Waals surface area contributed by atoms with E-state index in [2.05, 4.69) is 31.9 Å². The number of nitrogens with one attached hydrogen (secondary N) is 6. The van der Waals surface area contributed by atoms with Gasteiger partial charge in [0.2, 0.25) is 35.4 Å². The Kier molecular flexibility index (Phi) is 26.3. The van der Waals surface area contributed by atoms with Crippen LogP contribution in [0.4, 0.5) is 0 Å². The summed E-state index contributed by atoms with van der Waals surface area (Å²) in [5, 5.41) is 16.4. The molecule has 0 saturated heterocycles. The fourth-order valence-electron chi connectivity index (χ4n) is 7.32. The normalized spacial score (nSPS) is 14.6. The van der Waals surface area contributed by atoms with E-state index in [9.17, 15) is 43.2 Å². The monoisotopic (exact) mass is 1030 g/mol. The molecule has 414 valence electrons. The fraction of sp³-hybridized carbons (Fsp3) is 0.717. The van der Waals surface area contributed by atoms with E-state index in [1.54, 1.807) is 101 Å². The number of carbonyl (C=O) groups is 9. The van der Waals surface area contributed by atoms with Crippen LogP contribution >= 0.6 is 0 Å². The third kappa shape index (κ3) is 26.2. The number of ether oxygens (including phenoxy) is 5. The van der Waals surface area contributed by atoms with E-state index in [1.807, 2.05) is 33.8 Å². The summed E-state index contributed by atoms with van der Waals surface area (Å²) in [5.41, 5.74) is -2.22. The lowest BCUT2D eigenvalue weighted by atomic mass is 9.85. The molecule has 1 rings (SSSR count). The first kappa shape index (κ1) is 65.4. The molecule has 0 aliphatic rings. The molecular weight excluding hydrogens is 945 g/mol. The molecule has 20 nitrogen and oxygen atoms in total. The smallest absolute Gasteiger partial charge is 0.308 e. The van der Waals surface area contributed by atoms with Crippen molar-refractivity contribution in [2.75, 3.05) is 14.2 Å². The first-order valence-corrected chi connectivity index (χ1v) is 25.1. The van der Waals surface area contributed by atoms with Gasteiger partial charge in [-0.25, -0.2) is 0 Å². The Balaban J connectivity index is 3.78. The molecule has 0 radical (unpaired) electrons. The summed E-state index contributed by atoms with van der Waals surface area (Å²) in [5.74, 6) is -6.96. The van der Waals surface area contributed by atoms with Crippen LogP contribution in [0.5, 0.6) is 0 Å². The van der Waals surface area contributed by atoms with Gasteiger partial charge in [-0.15, -0.1) is 0 Å². The summed E-state index contributed by atoms with van der Waals surface area (Å²) < 4.78 is 27.0. The maximum atomic E-state index is 14.7. The molecule has 0 spiro atoms. The molecule has 0 aromatic heterocycles. The number of benzene rings is 1. The summed E-state index contributed by atoms with van der Waals surface area (Å²) in [6.45, 7) is 27.5. The molecular formula is C53H88N6O14. The van der Waals surface area contributed by atoms with Crippen LogP contribution in [-0.4, -0.2) is 127 Å². The number of amides is 6. The Hall–Kier alpha value is -5.63. The van der Waals surface area contributed by atoms with Crippen molar-refractivity contribution in [1.82, 2.24) is 31.9 Å². The molecule has 0 bridgehead atoms. The van der Waals surface area contributed by atoms with Crippen LogP contribution in [0.15, 0.2) is 24.3 Å². The number of methoxy groups -OCH3 is 2. The molecule has 20 heteroatoms. The van der Waals surface area contributed by atoms with Crippen LogP contribution in [-0.2, 0) is 73.3 Å². The van der Waals surface area contributed by atoms with Crippen LogP contribution in [0.25, 0.3) is 0 Å². The predicted octanol–water partition coefficient (Wildman–Crippen LogP) is 4.54. The molecule has 0 saturated carbocycles. The van der Waals surface area contributed by atoms with Crippen LogP contribution in [0, 0.1) is 18.3 Å². The first-order valence-electron chi connectivity index (χ1n) is 25.1. The Morgan fingerprint density at radius 2 is 1.00 bits per heavy atom. The van der Waals surface area contributed by atoms with Gasteiger partial charge < -0.3 is 55.6 Å². The van der Waals surface area contributed by atoms with Gasteiger partial charge in [0.1, 0.15) is 47.0 Å². The molecule has 0 fully saturated rings. The maximum Gasteiger partial charge on any atom is 0.308 e. The van der Waals surface area contributed by atoms with Gasteiger partial charge in [-0.3, -0.25) is 43.2 Å². The topological polar surface area (TPSA) is 272 Å². The molecule has 0 unspecified atom stereocenters. The van der Waals surface area contributed by atoms with Gasteiger partial charge in [0, 0.05) is 33.5 Å². The predicted molar refractivity (Wildman–Crippen MR) is 274 cm³/mol. The van der Waals surface area contributed by atoms with Crippen LogP contribution in [0.3, 0.4) is 0 Å². The maximum absolute atomic E-state index is 14.7. The Morgan fingerprint density at radius 1 is 0.534 bits per heavy atom. The highest BCUT2D eigenvalue weighted by atomic mass is 16.7. The number of carbonyl (C=O) groups excluding carboxylic acids is 9. The van der Waals surface area contributed by atoms with Crippen molar-refractivity contribution in [2.45, 2.75) is 221 Å². The first-order chi connectivity index (χ1) is 33.5. The van der Waals surface area contributed by atoms with E-state index in [0.29, 0.717) is 12.0 Å². The van der Waals surface area contributed by atoms with E-state index in [-0.39, 0.29) is 31.6 Å². The van der Waals surface area contributed by atoms with Gasteiger partial charge in [-0.05, 0) is 111 Å². The summed E-state index contributed by atoms with van der Waals surface area (Å²) >= 11 is 0. The zero-order valence-electron chi connectivity index (χ0n) is 46.8. The van der Waals surface area contributed by atoms with Crippen LogP contribution < -0.4 is 31.9 Å². The standard InChI is InChI=1S/C53H88N6O14/c1-19-34(49(69-17)70-18)55-45(65)36(28-31(2)3)58-48(68)43(50(5,6)7)59-47(67)37(29-33-23-21-20-22-32(33)4)57-44(64)35(24-26-40(61)71-51(8,9)10)56-46(66)38(30-42(63)73-53(14,15)16)54-39(60)25-27-41(62)72-52(11,12)13/h20-23,31,34-38,43,49H,19,24-30H2,1-18H3,(H,54,60)(H,55,65)(H,56,66)(H,57,64)(H,58,68)(H,59,67)/t34-,35-,36-,37-,38-,43+/m0/s1. The second kappa shape index (κ2) is 29.3. The quantitative estimate of drug-likeness (QED) is 0.0401. The average Bonchev–Trinajstić information content (AvgIpc) is 3.23. The molecule has 6 N–H and O–H groups in total. The van der Waals surface area contributed by atoms with Crippen molar-refractivity contribution in [1.29, 1.82) is 0 Å². The SMILES string of the molecule is CC[C@H](NC(=O)[C@H](CC(C)C)NC(=O)[C@@H](NC(=O)[C@H](Cc1ccccc1C)NC(=O)[C@H](CCC(=O)OC(C)(C)C)NC(=O)[C@H](CC(=O)OC(C)(C)C)NC(=O)CCC(=O)OC(C)(C)C)C(C)(C)C)C(OC)OC. The zero-order chi connectivity index (χ0) is 56.2. The van der Waals surface area contributed by atoms with Gasteiger partial charge in [-0.1, -0.05) is 65.8 Å². The van der Waals surface area contributed by atoms with Crippen LogP contribution in [0.2, 0.25) is 0 Å². The fourth-order valence-corrected chi connectivity index (χ4v) is 7.32. The molecule has 0 heterocycles. The van der Waals surface area contributed by atoms with Crippen molar-refractivity contribution in [2.24, 2.45) is 11.3 Å². The highest BCUT2D eigenvalue weighted by Crippen LogP contribution is 2.22. The summed E-state index contributed by atoms with van der Waals surface area (Å²) in [6, 6.07) is -0.304. The summed E-state index contributed by atoms with van der Waals surface area (Å²) in [7, 11) is 2.90. The van der Waals surface area contributed by atoms with Gasteiger partial charge >= 0.3 is 17.9 Å². The van der Waals surface area contributed by atoms with E-state index in [4.69, 9.17) is 23.7 Å². The van der Waals surface area contributed by atoms with E-state index in [0.717, 1.165) is 5.56 Å². The van der Waals surface area contributed by atoms with Crippen molar-refractivity contribution >= 4 is 53.4 Å².